The molecule has 1 aliphatic rings. The number of nitrogens with one attached hydrogen (secondary N) is 1. The Morgan fingerprint density at radius 3 is 2.55 bits per heavy atom. The van der Waals surface area contributed by atoms with Crippen LogP contribution in [0.3, 0.4) is 0 Å². The number of anilines is 1. The number of rotatable bonds is 4. The lowest BCUT2D eigenvalue weighted by Gasteiger charge is -2.32. The lowest BCUT2D eigenvalue weighted by Crippen LogP contribution is -2.38. The Labute approximate surface area is 119 Å². The molecular weight excluding hydrogens is 250 g/mol. The molecule has 3 rings (SSSR count). The Balaban J connectivity index is 1.59. The Hall–Kier alpha value is -1.88. The van der Waals surface area contributed by atoms with E-state index >= 15 is 0 Å². The standard InChI is InChI=1S/C15H21N5/c1-2-19-9-7-14(8-10-19)18-13-3-5-15(6-4-13)20-12-16-11-17-20/h3-6,11-12,14,18H,2,7-10H2,1H3. The summed E-state index contributed by atoms with van der Waals surface area (Å²) in [6.07, 6.45) is 5.70. The third-order valence-electron chi connectivity index (χ3n) is 3.96. The molecule has 1 aliphatic heterocycles. The molecule has 1 saturated heterocycles. The van der Waals surface area contributed by atoms with Crippen LogP contribution in [0, 0.1) is 0 Å². The highest BCUT2D eigenvalue weighted by atomic mass is 15.3. The quantitative estimate of drug-likeness (QED) is 0.925. The van der Waals surface area contributed by atoms with E-state index in [1.54, 1.807) is 17.3 Å². The first-order chi connectivity index (χ1) is 9.85. The summed E-state index contributed by atoms with van der Waals surface area (Å²) in [6, 6.07) is 8.96. The van der Waals surface area contributed by atoms with Crippen molar-refractivity contribution in [2.45, 2.75) is 25.8 Å². The van der Waals surface area contributed by atoms with Crippen molar-refractivity contribution in [3.63, 3.8) is 0 Å². The van der Waals surface area contributed by atoms with E-state index in [4.69, 9.17) is 0 Å². The zero-order valence-electron chi connectivity index (χ0n) is 11.9. The van der Waals surface area contributed by atoms with Gasteiger partial charge < -0.3 is 10.2 Å². The molecule has 1 aromatic carbocycles. The molecule has 2 aromatic rings. The van der Waals surface area contributed by atoms with E-state index in [1.165, 1.54) is 38.2 Å². The van der Waals surface area contributed by atoms with Crippen LogP contribution in [-0.2, 0) is 0 Å². The first-order valence-electron chi connectivity index (χ1n) is 7.29. The van der Waals surface area contributed by atoms with Gasteiger partial charge in [0.1, 0.15) is 12.7 Å². The van der Waals surface area contributed by atoms with Gasteiger partial charge in [-0.2, -0.15) is 5.10 Å². The molecule has 20 heavy (non-hydrogen) atoms. The number of nitrogens with zero attached hydrogens (tertiary/aromatic N) is 4. The summed E-state index contributed by atoms with van der Waals surface area (Å²) in [7, 11) is 0. The van der Waals surface area contributed by atoms with Gasteiger partial charge in [0.05, 0.1) is 5.69 Å². The molecule has 1 aromatic heterocycles. The Morgan fingerprint density at radius 1 is 1.20 bits per heavy atom. The van der Waals surface area contributed by atoms with Crippen LogP contribution in [0.4, 0.5) is 5.69 Å². The first-order valence-corrected chi connectivity index (χ1v) is 7.29. The van der Waals surface area contributed by atoms with E-state index in [2.05, 4.69) is 51.5 Å². The van der Waals surface area contributed by atoms with Crippen LogP contribution in [0.25, 0.3) is 5.69 Å². The average molecular weight is 271 g/mol. The molecule has 5 nitrogen and oxygen atoms in total. The highest BCUT2D eigenvalue weighted by molar-refractivity contribution is 5.49. The molecule has 1 N–H and O–H groups in total. The Morgan fingerprint density at radius 2 is 1.95 bits per heavy atom. The molecular formula is C15H21N5. The molecule has 0 bridgehead atoms. The summed E-state index contributed by atoms with van der Waals surface area (Å²) in [6.45, 7) is 5.80. The number of hydrogen-bond acceptors (Lipinski definition) is 4. The van der Waals surface area contributed by atoms with Crippen molar-refractivity contribution in [2.75, 3.05) is 25.0 Å². The second-order valence-electron chi connectivity index (χ2n) is 5.24. The summed E-state index contributed by atoms with van der Waals surface area (Å²) >= 11 is 0. The smallest absolute Gasteiger partial charge is 0.138 e. The van der Waals surface area contributed by atoms with Gasteiger partial charge in [-0.3, -0.25) is 0 Å². The monoisotopic (exact) mass is 271 g/mol. The minimum atomic E-state index is 0.593. The topological polar surface area (TPSA) is 46.0 Å². The van der Waals surface area contributed by atoms with Crippen LogP contribution in [-0.4, -0.2) is 45.3 Å². The van der Waals surface area contributed by atoms with Crippen LogP contribution >= 0.6 is 0 Å². The fourth-order valence-electron chi connectivity index (χ4n) is 2.68. The maximum Gasteiger partial charge on any atom is 0.138 e. The fraction of sp³-hybridized carbons (Fsp3) is 0.467. The van der Waals surface area contributed by atoms with Crippen LogP contribution in [0.5, 0.6) is 0 Å². The summed E-state index contributed by atoms with van der Waals surface area (Å²) in [5.41, 5.74) is 2.22. The molecule has 0 spiro atoms. The van der Waals surface area contributed by atoms with Gasteiger partial charge in [0.2, 0.25) is 0 Å². The number of benzene rings is 1. The molecule has 0 saturated carbocycles. The van der Waals surface area contributed by atoms with Crippen LogP contribution in [0.15, 0.2) is 36.9 Å². The van der Waals surface area contributed by atoms with Crippen molar-refractivity contribution in [1.82, 2.24) is 19.7 Å². The van der Waals surface area contributed by atoms with Crippen molar-refractivity contribution in [3.8, 4) is 5.69 Å². The van der Waals surface area contributed by atoms with E-state index in [0.717, 1.165) is 5.69 Å². The lowest BCUT2D eigenvalue weighted by atomic mass is 10.0. The van der Waals surface area contributed by atoms with E-state index < -0.39 is 0 Å². The predicted octanol–water partition coefficient (Wildman–Crippen LogP) is 2.16. The summed E-state index contributed by atoms with van der Waals surface area (Å²) in [5.74, 6) is 0. The summed E-state index contributed by atoms with van der Waals surface area (Å²) in [4.78, 5) is 6.47. The summed E-state index contributed by atoms with van der Waals surface area (Å²) < 4.78 is 1.77. The van der Waals surface area contributed by atoms with E-state index in [0.29, 0.717) is 6.04 Å². The number of likely N-dealkylation sites (tertiary alicyclic amines) is 1. The second-order valence-corrected chi connectivity index (χ2v) is 5.24. The van der Waals surface area contributed by atoms with Gasteiger partial charge in [0, 0.05) is 24.8 Å². The molecule has 0 radical (unpaired) electrons. The zero-order chi connectivity index (χ0) is 13.8. The van der Waals surface area contributed by atoms with Gasteiger partial charge in [-0.25, -0.2) is 9.67 Å². The first kappa shape index (κ1) is 13.1. The van der Waals surface area contributed by atoms with Crippen molar-refractivity contribution in [2.24, 2.45) is 0 Å². The van der Waals surface area contributed by atoms with Crippen molar-refractivity contribution in [3.05, 3.63) is 36.9 Å². The Bertz CT molecular complexity index is 512. The van der Waals surface area contributed by atoms with Crippen LogP contribution in [0.2, 0.25) is 0 Å². The summed E-state index contributed by atoms with van der Waals surface area (Å²) in [5, 5.41) is 7.76. The van der Waals surface area contributed by atoms with Crippen molar-refractivity contribution < 1.29 is 0 Å². The number of hydrogen-bond donors (Lipinski definition) is 1. The largest absolute Gasteiger partial charge is 0.382 e. The molecule has 106 valence electrons. The number of piperidine rings is 1. The van der Waals surface area contributed by atoms with E-state index in [9.17, 15) is 0 Å². The third-order valence-corrected chi connectivity index (χ3v) is 3.96. The highest BCUT2D eigenvalue weighted by Crippen LogP contribution is 2.18. The predicted molar refractivity (Wildman–Crippen MR) is 80.1 cm³/mol. The average Bonchev–Trinajstić information content (AvgIpc) is 3.03. The van der Waals surface area contributed by atoms with Gasteiger partial charge in [-0.1, -0.05) is 6.92 Å². The van der Waals surface area contributed by atoms with Crippen LogP contribution in [0.1, 0.15) is 19.8 Å². The second kappa shape index (κ2) is 6.05. The minimum Gasteiger partial charge on any atom is -0.382 e. The van der Waals surface area contributed by atoms with E-state index in [1.807, 2.05) is 0 Å². The zero-order valence-corrected chi connectivity index (χ0v) is 11.9. The minimum absolute atomic E-state index is 0.593. The SMILES string of the molecule is CCN1CCC(Nc2ccc(-n3cncn3)cc2)CC1. The Kier molecular flexibility index (Phi) is 3.97. The molecule has 0 aliphatic carbocycles. The molecule has 0 unspecified atom stereocenters. The van der Waals surface area contributed by atoms with Gasteiger partial charge in [0.25, 0.3) is 0 Å². The van der Waals surface area contributed by atoms with E-state index in [-0.39, 0.29) is 0 Å². The van der Waals surface area contributed by atoms with Gasteiger partial charge >= 0.3 is 0 Å². The van der Waals surface area contributed by atoms with Gasteiger partial charge in [0.15, 0.2) is 0 Å². The third kappa shape index (κ3) is 2.99. The normalized spacial score (nSPS) is 17.2. The molecule has 0 amide bonds. The molecule has 0 atom stereocenters. The molecule has 2 heterocycles. The number of aromatic nitrogens is 3. The fourth-order valence-corrected chi connectivity index (χ4v) is 2.68. The van der Waals surface area contributed by atoms with Crippen molar-refractivity contribution >= 4 is 5.69 Å². The maximum atomic E-state index is 4.13. The van der Waals surface area contributed by atoms with Gasteiger partial charge in [-0.05, 0) is 43.7 Å². The van der Waals surface area contributed by atoms with Gasteiger partial charge in [-0.15, -0.1) is 0 Å². The van der Waals surface area contributed by atoms with Crippen molar-refractivity contribution in [1.29, 1.82) is 0 Å². The lowest BCUT2D eigenvalue weighted by molar-refractivity contribution is 0.229. The maximum absolute atomic E-state index is 4.13. The molecule has 5 heteroatoms. The highest BCUT2D eigenvalue weighted by Gasteiger charge is 2.17. The molecule has 1 fully saturated rings. The van der Waals surface area contributed by atoms with Crippen LogP contribution < -0.4 is 5.32 Å².